The number of ether oxygens (including phenoxy) is 1. The smallest absolute Gasteiger partial charge is 0.303 e. The van der Waals surface area contributed by atoms with Crippen LogP contribution in [0, 0.1) is 0 Å². The van der Waals surface area contributed by atoms with Gasteiger partial charge < -0.3 is 24.9 Å². The van der Waals surface area contributed by atoms with Gasteiger partial charge in [0.25, 0.3) is 0 Å². The number of methoxy groups -OCH3 is 1. The first-order chi connectivity index (χ1) is 30.6. The predicted octanol–water partition coefficient (Wildman–Crippen LogP) is 16.0. The number of allylic oxidation sites excluding steroid dienone is 3. The molecule has 10 nitrogen and oxygen atoms in total. The number of Topliss-reactive ketones (excluding diaryl/α,β-unsaturated/α-hetero) is 1. The number of rotatable bonds is 43. The first-order valence-electron chi connectivity index (χ1n) is 25.7. The Balaban J connectivity index is -0.000000861. The Morgan fingerprint density at radius 1 is 0.524 bits per heavy atom. The molecule has 0 aromatic rings. The minimum absolute atomic E-state index is 0.174. The third-order valence-corrected chi connectivity index (χ3v) is 11.0. The maximum atomic E-state index is 10.9. The molecular weight excluding hydrogens is 791 g/mol. The van der Waals surface area contributed by atoms with Crippen LogP contribution in [0.5, 0.6) is 0 Å². The van der Waals surface area contributed by atoms with Crippen LogP contribution in [0.4, 0.5) is 0 Å². The zero-order valence-corrected chi connectivity index (χ0v) is 41.5. The molecule has 0 fully saturated rings. The second kappa shape index (κ2) is 55.4. The van der Waals surface area contributed by atoms with Crippen LogP contribution in [-0.2, 0) is 19.1 Å². The predicted molar refractivity (Wildman–Crippen MR) is 266 cm³/mol. The molecule has 0 radical (unpaired) electrons. The molecular formula is C53H99N3O7. The van der Waals surface area contributed by atoms with Crippen molar-refractivity contribution in [2.45, 2.75) is 277 Å². The second-order valence-corrected chi connectivity index (χ2v) is 17.4. The molecule has 0 aliphatic heterocycles. The van der Waals surface area contributed by atoms with Gasteiger partial charge in [-0.2, -0.15) is 0 Å². The Kier molecular flexibility index (Phi) is 56.7. The summed E-state index contributed by atoms with van der Waals surface area (Å²) in [5.41, 5.74) is 8.07. The van der Waals surface area contributed by atoms with E-state index in [-0.39, 0.29) is 18.1 Å². The molecule has 0 aliphatic rings. The molecule has 0 spiro atoms. The third-order valence-electron chi connectivity index (χ3n) is 11.0. The first-order valence-corrected chi connectivity index (χ1v) is 25.7. The van der Waals surface area contributed by atoms with Crippen molar-refractivity contribution in [3.63, 3.8) is 0 Å². The van der Waals surface area contributed by atoms with Gasteiger partial charge in [-0.05, 0) is 114 Å². The monoisotopic (exact) mass is 890 g/mol. The lowest BCUT2D eigenvalue weighted by Gasteiger charge is -2.12. The fourth-order valence-electron chi connectivity index (χ4n) is 6.93. The van der Waals surface area contributed by atoms with Gasteiger partial charge in [0, 0.05) is 31.3 Å². The number of ketones is 1. The first kappa shape index (κ1) is 64.5. The summed E-state index contributed by atoms with van der Waals surface area (Å²) in [5, 5.41) is 30.8. The third kappa shape index (κ3) is 61.3. The van der Waals surface area contributed by atoms with Gasteiger partial charge >= 0.3 is 5.97 Å². The molecule has 3 N–H and O–H groups in total. The van der Waals surface area contributed by atoms with E-state index in [0.29, 0.717) is 24.7 Å². The Labute approximate surface area is 387 Å². The topological polar surface area (TPSA) is 170 Å². The molecule has 0 aromatic carbocycles. The van der Waals surface area contributed by atoms with Crippen LogP contribution in [0.1, 0.15) is 259 Å². The van der Waals surface area contributed by atoms with Crippen LogP contribution < -0.4 is 0 Å². The van der Waals surface area contributed by atoms with Crippen LogP contribution in [-0.4, -0.2) is 58.4 Å². The number of aliphatic carboxylic acids is 1. The highest BCUT2D eigenvalue weighted by atomic mass is 16.5. The van der Waals surface area contributed by atoms with Crippen molar-refractivity contribution in [2.75, 3.05) is 7.11 Å². The molecule has 0 saturated carbocycles. The summed E-state index contributed by atoms with van der Waals surface area (Å²) in [7, 11) is 1.84. The van der Waals surface area contributed by atoms with E-state index in [4.69, 9.17) is 15.4 Å². The van der Waals surface area contributed by atoms with Crippen LogP contribution in [0.15, 0.2) is 41.6 Å². The Bertz CT molecular complexity index is 1140. The Hall–Kier alpha value is -2.78. The van der Waals surface area contributed by atoms with Crippen molar-refractivity contribution in [3.05, 3.63) is 46.9 Å². The number of carbonyl (C=O) groups excluding carboxylic acids is 2. The van der Waals surface area contributed by atoms with Crippen LogP contribution in [0.2, 0.25) is 0 Å². The van der Waals surface area contributed by atoms with Crippen LogP contribution in [0.3, 0.4) is 0 Å². The van der Waals surface area contributed by atoms with E-state index in [0.717, 1.165) is 141 Å². The largest absolute Gasteiger partial charge is 0.481 e. The van der Waals surface area contributed by atoms with Gasteiger partial charge in [0.15, 0.2) is 0 Å². The average Bonchev–Trinajstić information content (AvgIpc) is 3.26. The van der Waals surface area contributed by atoms with Gasteiger partial charge in [0.1, 0.15) is 5.78 Å². The zero-order valence-electron chi connectivity index (χ0n) is 41.5. The van der Waals surface area contributed by atoms with Crippen molar-refractivity contribution in [1.29, 1.82) is 0 Å². The normalized spacial score (nSPS) is 12.7. The number of carboxylic acids is 1. The van der Waals surface area contributed by atoms with Gasteiger partial charge in [-0.25, -0.2) is 0 Å². The van der Waals surface area contributed by atoms with Crippen molar-refractivity contribution >= 4 is 17.7 Å². The quantitative estimate of drug-likeness (QED) is 0.0180. The van der Waals surface area contributed by atoms with Gasteiger partial charge in [-0.15, -0.1) is 0 Å². The number of hydrogen-bond acceptors (Lipinski definition) is 6. The number of carboxylic acid groups (broad SMARTS) is 1. The highest BCUT2D eigenvalue weighted by molar-refractivity contribution is 5.76. The number of nitrogens with zero attached hydrogens (tertiary/aromatic N) is 3. The number of azide groups is 1. The Morgan fingerprint density at radius 2 is 0.921 bits per heavy atom. The van der Waals surface area contributed by atoms with Gasteiger partial charge in [-0.1, -0.05) is 173 Å². The van der Waals surface area contributed by atoms with Crippen molar-refractivity contribution in [2.24, 2.45) is 5.11 Å². The molecule has 63 heavy (non-hydrogen) atoms. The average molecular weight is 890 g/mol. The van der Waals surface area contributed by atoms with E-state index < -0.39 is 5.97 Å². The number of carbonyl (C=O) groups is 3. The molecule has 1 amide bonds. The summed E-state index contributed by atoms with van der Waals surface area (Å²) in [6.45, 7) is 8.21. The molecule has 3 atom stereocenters. The molecule has 0 heterocycles. The maximum absolute atomic E-state index is 10.9. The van der Waals surface area contributed by atoms with E-state index >= 15 is 0 Å². The SMILES string of the molecule is CCCCC(O)C/C=C\CCCCCCCC(=O)N=[N+]=[N-].CCCCC(O)C/C=C\CCCCCCCC(=O)O.CCCCCCC(C/C=C\CCCCCCCCC(C)=O)OC. The maximum Gasteiger partial charge on any atom is 0.303 e. The van der Waals surface area contributed by atoms with E-state index in [1.807, 2.05) is 7.11 Å². The highest BCUT2D eigenvalue weighted by Crippen LogP contribution is 2.14. The van der Waals surface area contributed by atoms with Gasteiger partial charge in [-0.3, -0.25) is 9.59 Å². The minimum atomic E-state index is -0.690. The van der Waals surface area contributed by atoms with Crippen molar-refractivity contribution < 1.29 is 34.4 Å². The van der Waals surface area contributed by atoms with E-state index in [1.54, 1.807) is 6.92 Å². The van der Waals surface area contributed by atoms with E-state index in [2.05, 4.69) is 67.3 Å². The number of amides is 1. The molecule has 10 heteroatoms. The Morgan fingerprint density at radius 3 is 1.33 bits per heavy atom. The van der Waals surface area contributed by atoms with Gasteiger partial charge in [0.2, 0.25) is 5.91 Å². The summed E-state index contributed by atoms with van der Waals surface area (Å²) < 4.78 is 5.55. The van der Waals surface area contributed by atoms with Crippen LogP contribution in [0.25, 0.3) is 10.4 Å². The van der Waals surface area contributed by atoms with E-state index in [1.165, 1.54) is 77.0 Å². The summed E-state index contributed by atoms with van der Waals surface area (Å²) in [6, 6.07) is 0. The van der Waals surface area contributed by atoms with E-state index in [9.17, 15) is 24.6 Å². The summed E-state index contributed by atoms with van der Waals surface area (Å²) in [4.78, 5) is 34.5. The van der Waals surface area contributed by atoms with Crippen LogP contribution >= 0.6 is 0 Å². The summed E-state index contributed by atoms with van der Waals surface area (Å²) >= 11 is 0. The second-order valence-electron chi connectivity index (χ2n) is 17.4. The highest BCUT2D eigenvalue weighted by Gasteiger charge is 2.05. The van der Waals surface area contributed by atoms with Crippen molar-refractivity contribution in [1.82, 2.24) is 0 Å². The molecule has 368 valence electrons. The lowest BCUT2D eigenvalue weighted by atomic mass is 10.1. The molecule has 0 aliphatic carbocycles. The fourth-order valence-corrected chi connectivity index (χ4v) is 6.93. The summed E-state index contributed by atoms with van der Waals surface area (Å²) in [5.74, 6) is -0.721. The lowest BCUT2D eigenvalue weighted by Crippen LogP contribution is -2.08. The number of aliphatic hydroxyl groups excluding tert-OH is 2. The number of unbranched alkanes of at least 4 members (excludes halogenated alkanes) is 21. The lowest BCUT2D eigenvalue weighted by molar-refractivity contribution is -0.137. The molecule has 0 rings (SSSR count). The number of hydrogen-bond donors (Lipinski definition) is 3. The fraction of sp³-hybridized carbons (Fsp3) is 0.830. The molecule has 0 bridgehead atoms. The van der Waals surface area contributed by atoms with Crippen molar-refractivity contribution in [3.8, 4) is 0 Å². The van der Waals surface area contributed by atoms with Gasteiger partial charge in [0.05, 0.1) is 18.3 Å². The zero-order chi connectivity index (χ0) is 47.3. The number of aliphatic hydroxyl groups is 2. The standard InChI is InChI=1S/C21H40O2.C16H29N3O2.C16H30O3/c1-4-5-6-15-18-21(23-3)19-16-13-11-9-7-8-10-12-14-17-20(2)22;1-2-3-12-15(20)13-10-8-6-4-5-7-9-11-14-16(21)18-19-17;1-2-3-12-15(17)13-10-8-6-4-5-7-9-11-14-16(18)19/h13,16,21H,4-12,14-15,17-19H2,1-3H3;8,10,15,20H,2-7,9,11-14H2,1H3;8,10,15,17H,2-7,9,11-14H2,1H3,(H,18,19)/b16-13-;2*10-8-. The summed E-state index contributed by atoms with van der Waals surface area (Å²) in [6.07, 6.45) is 51.2. The molecule has 0 saturated heterocycles. The molecule has 3 unspecified atom stereocenters. The minimum Gasteiger partial charge on any atom is -0.481 e. The molecule has 0 aromatic heterocycles.